The van der Waals surface area contributed by atoms with Gasteiger partial charge >= 0.3 is 6.18 Å². The third-order valence-corrected chi connectivity index (χ3v) is 6.06. The molecule has 4 rings (SSSR count). The maximum atomic E-state index is 13.0. The smallest absolute Gasteiger partial charge is 0.416 e. The van der Waals surface area contributed by atoms with E-state index in [-0.39, 0.29) is 17.8 Å². The summed E-state index contributed by atoms with van der Waals surface area (Å²) >= 11 is 0. The number of allylic oxidation sites excluding steroid dienone is 1. The topological polar surface area (TPSA) is 58.6 Å². The lowest BCUT2D eigenvalue weighted by Crippen LogP contribution is -2.25. The van der Waals surface area contributed by atoms with E-state index in [0.29, 0.717) is 50.0 Å². The van der Waals surface area contributed by atoms with E-state index in [0.717, 1.165) is 30.5 Å². The van der Waals surface area contributed by atoms with Crippen LogP contribution >= 0.6 is 0 Å². The molecule has 2 aliphatic rings. The lowest BCUT2D eigenvalue weighted by Gasteiger charge is -2.23. The van der Waals surface area contributed by atoms with Crippen LogP contribution in [0.4, 0.5) is 13.2 Å². The fraction of sp³-hybridized carbons (Fsp3) is 0.400. The van der Waals surface area contributed by atoms with E-state index in [9.17, 15) is 23.1 Å². The number of amides is 1. The maximum Gasteiger partial charge on any atom is 0.416 e. The molecule has 1 aliphatic carbocycles. The number of benzene rings is 2. The molecule has 170 valence electrons. The van der Waals surface area contributed by atoms with Crippen molar-refractivity contribution in [3.63, 3.8) is 0 Å². The van der Waals surface area contributed by atoms with Crippen molar-refractivity contribution in [3.05, 3.63) is 70.3 Å². The van der Waals surface area contributed by atoms with E-state index in [4.69, 9.17) is 4.74 Å². The number of aryl methyl sites for hydroxylation is 1. The zero-order valence-electron chi connectivity index (χ0n) is 17.7. The number of carbonyl (C=O) groups is 1. The lowest BCUT2D eigenvalue weighted by molar-refractivity contribution is -0.137. The van der Waals surface area contributed by atoms with Crippen molar-refractivity contribution >= 4 is 11.5 Å². The summed E-state index contributed by atoms with van der Waals surface area (Å²) in [5.41, 5.74) is 3.99. The number of ether oxygens (including phenoxy) is 1. The Labute approximate surface area is 185 Å². The van der Waals surface area contributed by atoms with E-state index >= 15 is 0 Å². The average Bonchev–Trinajstić information content (AvgIpc) is 2.95. The molecule has 2 aromatic rings. The summed E-state index contributed by atoms with van der Waals surface area (Å²) in [6.45, 7) is 0.740. The van der Waals surface area contributed by atoms with E-state index < -0.39 is 11.7 Å². The highest BCUT2D eigenvalue weighted by Gasteiger charge is 2.32. The van der Waals surface area contributed by atoms with Gasteiger partial charge < -0.3 is 15.2 Å². The first kappa shape index (κ1) is 22.4. The SMILES string of the molecule is O=C(C=C1CCCOc2cc(C(F)(F)F)ccc21)NCCc1cccc2c1CC(O)CC2. The summed E-state index contributed by atoms with van der Waals surface area (Å²) in [4.78, 5) is 12.5. The molecule has 1 heterocycles. The summed E-state index contributed by atoms with van der Waals surface area (Å²) in [5.74, 6) is -0.122. The summed E-state index contributed by atoms with van der Waals surface area (Å²) in [5, 5.41) is 12.9. The summed E-state index contributed by atoms with van der Waals surface area (Å²) in [6.07, 6.45) is 0.794. The van der Waals surface area contributed by atoms with Gasteiger partial charge in [0.25, 0.3) is 0 Å². The Morgan fingerprint density at radius 3 is 2.88 bits per heavy atom. The molecule has 0 spiro atoms. The van der Waals surface area contributed by atoms with Crippen molar-refractivity contribution in [2.45, 2.75) is 50.8 Å². The second-order valence-corrected chi connectivity index (χ2v) is 8.32. The Kier molecular flexibility index (Phi) is 6.55. The third-order valence-electron chi connectivity index (χ3n) is 6.06. The molecule has 0 saturated carbocycles. The first-order chi connectivity index (χ1) is 15.3. The molecule has 7 heteroatoms. The average molecular weight is 445 g/mol. The molecule has 1 atom stereocenters. The number of alkyl halides is 3. The number of rotatable bonds is 4. The molecule has 0 fully saturated rings. The Morgan fingerprint density at radius 1 is 1.22 bits per heavy atom. The first-order valence-corrected chi connectivity index (χ1v) is 10.9. The van der Waals surface area contributed by atoms with Gasteiger partial charge in [-0.1, -0.05) is 24.3 Å². The van der Waals surface area contributed by atoms with Crippen LogP contribution in [0.1, 0.15) is 47.1 Å². The largest absolute Gasteiger partial charge is 0.493 e. The van der Waals surface area contributed by atoms with E-state index in [1.807, 2.05) is 12.1 Å². The van der Waals surface area contributed by atoms with Crippen LogP contribution < -0.4 is 10.1 Å². The zero-order chi connectivity index (χ0) is 22.7. The molecule has 0 radical (unpaired) electrons. The van der Waals surface area contributed by atoms with Crippen LogP contribution in [0.3, 0.4) is 0 Å². The van der Waals surface area contributed by atoms with Gasteiger partial charge in [0, 0.05) is 18.2 Å². The minimum Gasteiger partial charge on any atom is -0.493 e. The van der Waals surface area contributed by atoms with Crippen molar-refractivity contribution in [2.24, 2.45) is 0 Å². The maximum absolute atomic E-state index is 13.0. The van der Waals surface area contributed by atoms with Crippen LogP contribution in [-0.2, 0) is 30.2 Å². The highest BCUT2D eigenvalue weighted by molar-refractivity contribution is 5.96. The van der Waals surface area contributed by atoms with Crippen LogP contribution in [0.2, 0.25) is 0 Å². The molecule has 0 saturated heterocycles. The molecule has 0 aromatic heterocycles. The van der Waals surface area contributed by atoms with Gasteiger partial charge in [0.2, 0.25) is 5.91 Å². The first-order valence-electron chi connectivity index (χ1n) is 10.9. The molecule has 1 aliphatic heterocycles. The Balaban J connectivity index is 1.44. The molecular formula is C25H26F3NO3. The van der Waals surface area contributed by atoms with Crippen LogP contribution in [0, 0.1) is 0 Å². The predicted molar refractivity (Wildman–Crippen MR) is 115 cm³/mol. The highest BCUT2D eigenvalue weighted by atomic mass is 19.4. The number of nitrogens with one attached hydrogen (secondary N) is 1. The molecule has 4 nitrogen and oxygen atoms in total. The molecule has 0 bridgehead atoms. The number of carbonyl (C=O) groups excluding carboxylic acids is 1. The van der Waals surface area contributed by atoms with Gasteiger partial charge in [-0.25, -0.2) is 0 Å². The quantitative estimate of drug-likeness (QED) is 0.683. The summed E-state index contributed by atoms with van der Waals surface area (Å²) in [6, 6.07) is 9.52. The van der Waals surface area contributed by atoms with Gasteiger partial charge in [-0.15, -0.1) is 0 Å². The molecule has 2 aromatic carbocycles. The lowest BCUT2D eigenvalue weighted by atomic mass is 9.86. The van der Waals surface area contributed by atoms with E-state index in [1.54, 1.807) is 0 Å². The van der Waals surface area contributed by atoms with Crippen LogP contribution in [0.15, 0.2) is 42.5 Å². The number of hydrogen-bond donors (Lipinski definition) is 2. The second-order valence-electron chi connectivity index (χ2n) is 8.32. The number of fused-ring (bicyclic) bond motifs is 2. The molecule has 1 unspecified atom stereocenters. The number of hydrogen-bond acceptors (Lipinski definition) is 3. The molecule has 1 amide bonds. The highest BCUT2D eigenvalue weighted by Crippen LogP contribution is 2.38. The molecule has 32 heavy (non-hydrogen) atoms. The van der Waals surface area contributed by atoms with Gasteiger partial charge in [0.1, 0.15) is 5.75 Å². The summed E-state index contributed by atoms with van der Waals surface area (Å²) in [7, 11) is 0. The van der Waals surface area contributed by atoms with Crippen LogP contribution in [-0.4, -0.2) is 30.3 Å². The third kappa shape index (κ3) is 5.15. The Morgan fingerprint density at radius 2 is 2.06 bits per heavy atom. The fourth-order valence-corrected chi connectivity index (χ4v) is 4.42. The minimum atomic E-state index is -4.45. The second kappa shape index (κ2) is 9.36. The van der Waals surface area contributed by atoms with Crippen molar-refractivity contribution in [2.75, 3.05) is 13.2 Å². The standard InChI is InChI=1S/C25H26F3NO3/c26-25(27,28)19-7-9-21-18(5-2-12-32-23(21)14-19)13-24(31)29-11-10-17-4-1-3-16-6-8-20(30)15-22(16)17/h1,3-4,7,9,13-14,20,30H,2,5-6,8,10-12,15H2,(H,29,31). The van der Waals surface area contributed by atoms with Crippen molar-refractivity contribution in [3.8, 4) is 5.75 Å². The van der Waals surface area contributed by atoms with Gasteiger partial charge in [0.05, 0.1) is 18.3 Å². The van der Waals surface area contributed by atoms with Gasteiger partial charge in [-0.3, -0.25) is 4.79 Å². The monoisotopic (exact) mass is 445 g/mol. The van der Waals surface area contributed by atoms with Gasteiger partial charge in [-0.2, -0.15) is 13.2 Å². The zero-order valence-corrected chi connectivity index (χ0v) is 17.7. The molecular weight excluding hydrogens is 419 g/mol. The van der Waals surface area contributed by atoms with E-state index in [1.165, 1.54) is 23.3 Å². The van der Waals surface area contributed by atoms with Crippen molar-refractivity contribution in [1.82, 2.24) is 5.32 Å². The van der Waals surface area contributed by atoms with Crippen LogP contribution in [0.5, 0.6) is 5.75 Å². The van der Waals surface area contributed by atoms with Crippen LogP contribution in [0.25, 0.3) is 5.57 Å². The van der Waals surface area contributed by atoms with Gasteiger partial charge in [-0.05, 0) is 72.9 Å². The predicted octanol–water partition coefficient (Wildman–Crippen LogP) is 4.47. The van der Waals surface area contributed by atoms with Gasteiger partial charge in [0.15, 0.2) is 0 Å². The van der Waals surface area contributed by atoms with Crippen molar-refractivity contribution in [1.29, 1.82) is 0 Å². The minimum absolute atomic E-state index is 0.158. The van der Waals surface area contributed by atoms with Crippen molar-refractivity contribution < 1.29 is 27.8 Å². The number of aliphatic hydroxyl groups excluding tert-OH is 1. The number of halogens is 3. The van der Waals surface area contributed by atoms with E-state index in [2.05, 4.69) is 11.4 Å². The molecule has 2 N–H and O–H groups in total. The Hall–Kier alpha value is -2.80. The fourth-order valence-electron chi connectivity index (χ4n) is 4.42. The Bertz CT molecular complexity index is 1030. The summed E-state index contributed by atoms with van der Waals surface area (Å²) < 4.78 is 44.6. The number of aliphatic hydroxyl groups is 1. The normalized spacial score (nSPS) is 19.5.